The van der Waals surface area contributed by atoms with Crippen molar-refractivity contribution in [3.8, 4) is 17.6 Å². The third-order valence-corrected chi connectivity index (χ3v) is 10.6. The second kappa shape index (κ2) is 8.70. The van der Waals surface area contributed by atoms with Crippen LogP contribution in [0, 0.1) is 11.3 Å². The Labute approximate surface area is 228 Å². The summed E-state index contributed by atoms with van der Waals surface area (Å²) >= 11 is 4.98. The van der Waals surface area contributed by atoms with Gasteiger partial charge in [0.2, 0.25) is 5.91 Å². The van der Waals surface area contributed by atoms with E-state index in [1.165, 1.54) is 0 Å². The molecule has 2 aromatic rings. The summed E-state index contributed by atoms with van der Waals surface area (Å²) in [6.07, 6.45) is 6.48. The number of carbonyl (C=O) groups is 1. The number of rotatable bonds is 5. The van der Waals surface area contributed by atoms with Crippen molar-refractivity contribution in [2.75, 3.05) is 13.6 Å². The summed E-state index contributed by atoms with van der Waals surface area (Å²) in [5.74, 6) is 0.259. The maximum Gasteiger partial charge on any atom is 0.246 e. The van der Waals surface area contributed by atoms with Crippen molar-refractivity contribution in [3.63, 3.8) is 0 Å². The normalized spacial score (nSPS) is 33.5. The number of piperidine rings is 1. The highest BCUT2D eigenvalue weighted by Crippen LogP contribution is 2.66. The molecule has 9 heteroatoms. The predicted molar refractivity (Wildman–Crippen MR) is 144 cm³/mol. The molecule has 1 aromatic carbocycles. The molecule has 0 radical (unpaired) electrons. The second-order valence-electron chi connectivity index (χ2n) is 10.5. The van der Waals surface area contributed by atoms with E-state index in [1.54, 1.807) is 47.6 Å². The predicted octanol–water partition coefficient (Wildman–Crippen LogP) is 3.99. The molecule has 2 aliphatic heterocycles. The summed E-state index contributed by atoms with van der Waals surface area (Å²) in [5.41, 5.74) is -0.232. The number of hydrogen-bond donors (Lipinski definition) is 2. The van der Waals surface area contributed by atoms with Crippen LogP contribution in [-0.4, -0.2) is 69.3 Å². The fourth-order valence-electron chi connectivity index (χ4n) is 7.41. The molecule has 3 heterocycles. The average Bonchev–Trinajstić information content (AvgIpc) is 3.46. The lowest BCUT2D eigenvalue weighted by atomic mass is 9.47. The zero-order valence-corrected chi connectivity index (χ0v) is 22.8. The Balaban J connectivity index is 1.43. The van der Waals surface area contributed by atoms with Crippen molar-refractivity contribution in [1.29, 1.82) is 5.26 Å². The lowest BCUT2D eigenvalue weighted by Crippen LogP contribution is -2.79. The number of likely N-dealkylation sites (tertiary alicyclic amines) is 1. The number of benzene rings is 1. The van der Waals surface area contributed by atoms with E-state index in [1.807, 2.05) is 17.5 Å². The summed E-state index contributed by atoms with van der Waals surface area (Å²) < 4.78 is 7.50. The van der Waals surface area contributed by atoms with Crippen molar-refractivity contribution in [2.45, 2.75) is 60.9 Å². The van der Waals surface area contributed by atoms with E-state index in [0.717, 1.165) is 20.5 Å². The van der Waals surface area contributed by atoms with Crippen molar-refractivity contribution in [2.24, 2.45) is 0 Å². The van der Waals surface area contributed by atoms with Crippen molar-refractivity contribution >= 4 is 39.2 Å². The molecule has 1 aromatic heterocycles. The number of thiophene rings is 1. The number of likely N-dealkylation sites (N-methyl/N-ethyl adjacent to an activating group) is 1. The van der Waals surface area contributed by atoms with Gasteiger partial charge in [-0.15, -0.1) is 17.9 Å². The van der Waals surface area contributed by atoms with Crippen LogP contribution in [0.15, 0.2) is 46.8 Å². The first-order chi connectivity index (χ1) is 17.7. The lowest BCUT2D eigenvalue weighted by molar-refractivity contribution is -0.205. The van der Waals surface area contributed by atoms with Gasteiger partial charge in [0.05, 0.1) is 29.2 Å². The van der Waals surface area contributed by atoms with Crippen molar-refractivity contribution in [1.82, 2.24) is 9.80 Å². The number of nitrogens with zero attached hydrogens (tertiary/aromatic N) is 3. The maximum absolute atomic E-state index is 13.3. The van der Waals surface area contributed by atoms with Gasteiger partial charge in [0.25, 0.3) is 0 Å². The summed E-state index contributed by atoms with van der Waals surface area (Å²) in [6.45, 7) is 4.39. The van der Waals surface area contributed by atoms with Gasteiger partial charge >= 0.3 is 0 Å². The zero-order chi connectivity index (χ0) is 26.1. The van der Waals surface area contributed by atoms with Crippen LogP contribution in [0.1, 0.15) is 35.3 Å². The number of nitriles is 1. The van der Waals surface area contributed by atoms with Gasteiger partial charge in [-0.3, -0.25) is 9.69 Å². The molecule has 1 spiro atoms. The van der Waals surface area contributed by atoms with E-state index in [0.29, 0.717) is 38.0 Å². The lowest BCUT2D eigenvalue weighted by Gasteiger charge is -2.65. The minimum absolute atomic E-state index is 0.0289. The molecular weight excluding hydrogens is 554 g/mol. The highest BCUT2D eigenvalue weighted by molar-refractivity contribution is 9.10. The minimum Gasteiger partial charge on any atom is -0.504 e. The smallest absolute Gasteiger partial charge is 0.246 e. The summed E-state index contributed by atoms with van der Waals surface area (Å²) in [5, 5.41) is 35.5. The summed E-state index contributed by atoms with van der Waals surface area (Å²) in [7, 11) is 1.77. The molecule has 1 unspecified atom stereocenters. The molecule has 2 bridgehead atoms. The third kappa shape index (κ3) is 3.32. The number of amides is 1. The van der Waals surface area contributed by atoms with E-state index in [9.17, 15) is 20.3 Å². The Morgan fingerprint density at radius 2 is 2.30 bits per heavy atom. The van der Waals surface area contributed by atoms with Crippen LogP contribution in [0.2, 0.25) is 0 Å². The largest absolute Gasteiger partial charge is 0.504 e. The van der Waals surface area contributed by atoms with Crippen LogP contribution in [-0.2, 0) is 16.6 Å². The molecule has 1 amide bonds. The topological polar surface area (TPSA) is 97.0 Å². The first-order valence-electron chi connectivity index (χ1n) is 12.4. The molecule has 2 fully saturated rings. The monoisotopic (exact) mass is 581 g/mol. The van der Waals surface area contributed by atoms with E-state index in [4.69, 9.17) is 4.74 Å². The molecular formula is C28H28BrN3O4S. The number of carbonyl (C=O) groups excluding carboxylic acids is 1. The van der Waals surface area contributed by atoms with E-state index in [-0.39, 0.29) is 23.7 Å². The Morgan fingerprint density at radius 3 is 3.00 bits per heavy atom. The molecule has 2 aliphatic carbocycles. The van der Waals surface area contributed by atoms with Gasteiger partial charge in [-0.2, -0.15) is 5.26 Å². The quantitative estimate of drug-likeness (QED) is 0.409. The zero-order valence-electron chi connectivity index (χ0n) is 20.4. The highest BCUT2D eigenvalue weighted by atomic mass is 79.9. The molecule has 192 valence electrons. The number of ether oxygens (including phenoxy) is 1. The van der Waals surface area contributed by atoms with Crippen LogP contribution < -0.4 is 4.74 Å². The molecule has 4 aliphatic rings. The summed E-state index contributed by atoms with van der Waals surface area (Å²) in [6, 6.07) is 6.89. The number of aromatic hydroxyl groups is 1. The van der Waals surface area contributed by atoms with Gasteiger partial charge in [0, 0.05) is 46.0 Å². The van der Waals surface area contributed by atoms with Gasteiger partial charge in [-0.05, 0) is 65.4 Å². The Morgan fingerprint density at radius 1 is 1.49 bits per heavy atom. The first kappa shape index (κ1) is 24.7. The van der Waals surface area contributed by atoms with Crippen LogP contribution in [0.25, 0.3) is 6.08 Å². The number of phenols is 1. The number of aliphatic hydroxyl groups is 1. The molecule has 6 rings (SSSR count). The first-order valence-corrected chi connectivity index (χ1v) is 14.1. The average molecular weight is 583 g/mol. The van der Waals surface area contributed by atoms with Crippen LogP contribution in [0.3, 0.4) is 0 Å². The van der Waals surface area contributed by atoms with Gasteiger partial charge in [0.1, 0.15) is 6.10 Å². The van der Waals surface area contributed by atoms with E-state index in [2.05, 4.69) is 33.5 Å². The van der Waals surface area contributed by atoms with Crippen LogP contribution >= 0.6 is 27.3 Å². The van der Waals surface area contributed by atoms with Crippen LogP contribution in [0.4, 0.5) is 0 Å². The fourth-order valence-corrected chi connectivity index (χ4v) is 8.75. The van der Waals surface area contributed by atoms with E-state index >= 15 is 0 Å². The molecule has 7 nitrogen and oxygen atoms in total. The van der Waals surface area contributed by atoms with Gasteiger partial charge in [0.15, 0.2) is 11.5 Å². The van der Waals surface area contributed by atoms with E-state index < -0.39 is 23.2 Å². The standard InChI is InChI=1S/C28H28BrN3O4S/c1-3-10-32-18(14-30)13-27-24-16-4-6-21(33)25(24)36-26(27)20(8-9-28(27,35)22(32)11-16)31(2)23(34)7-5-19-12-17(29)15-37-19/h3-7,12,15,18,20,22,26,33,35H,1,8-11,13H2,2H3/b7-5+/t18?,20-,22+,26-,27-,28+/m0/s1. The van der Waals surface area contributed by atoms with Crippen molar-refractivity contribution < 1.29 is 19.7 Å². The number of phenolic OH excluding ortho intramolecular Hbond substituents is 1. The number of hydrogen-bond acceptors (Lipinski definition) is 7. The Hall–Kier alpha value is -2.64. The SMILES string of the molecule is C=CCN1C(C#N)C[C@]23c4c5ccc(O)c4O[C@H]2[C@@H](N(C)C(=O)/C=C/c2cc(Br)cs2)CC[C@@]3(O)[C@H]1C5. The molecule has 37 heavy (non-hydrogen) atoms. The van der Waals surface area contributed by atoms with Gasteiger partial charge in [-0.1, -0.05) is 12.1 Å². The van der Waals surface area contributed by atoms with Crippen molar-refractivity contribution in [3.05, 3.63) is 62.8 Å². The molecule has 2 N–H and O–H groups in total. The molecule has 6 atom stereocenters. The minimum atomic E-state index is -1.17. The second-order valence-corrected chi connectivity index (χ2v) is 12.4. The Kier molecular flexibility index (Phi) is 5.81. The number of halogens is 1. The summed E-state index contributed by atoms with van der Waals surface area (Å²) in [4.78, 5) is 18.0. The Bertz CT molecular complexity index is 1370. The van der Waals surface area contributed by atoms with Crippen LogP contribution in [0.5, 0.6) is 11.5 Å². The molecule has 1 saturated carbocycles. The maximum atomic E-state index is 13.3. The highest BCUT2D eigenvalue weighted by Gasteiger charge is 2.74. The van der Waals surface area contributed by atoms with Gasteiger partial charge < -0.3 is 19.8 Å². The fraction of sp³-hybridized carbons (Fsp3) is 0.429. The molecule has 1 saturated heterocycles. The third-order valence-electron chi connectivity index (χ3n) is 8.94. The van der Waals surface area contributed by atoms with Gasteiger partial charge in [-0.25, -0.2) is 0 Å².